The third-order valence-corrected chi connectivity index (χ3v) is 3.38. The Morgan fingerprint density at radius 1 is 1.33 bits per heavy atom. The minimum atomic E-state index is 0.702. The molecule has 0 bridgehead atoms. The molecule has 1 unspecified atom stereocenters. The van der Waals surface area contributed by atoms with E-state index in [-0.39, 0.29) is 0 Å². The van der Waals surface area contributed by atoms with Gasteiger partial charge in [-0.15, -0.1) is 0 Å². The number of rotatable bonds is 0. The summed E-state index contributed by atoms with van der Waals surface area (Å²) < 4.78 is 0. The molecule has 0 fully saturated rings. The second-order valence-electron chi connectivity index (χ2n) is 3.96. The smallest absolute Gasteiger partial charge is 0.0167 e. The first-order valence-electron chi connectivity index (χ1n) is 4.86. The van der Waals surface area contributed by atoms with E-state index in [0.29, 0.717) is 5.92 Å². The van der Waals surface area contributed by atoms with Gasteiger partial charge in [0.15, 0.2) is 0 Å². The van der Waals surface area contributed by atoms with Crippen molar-refractivity contribution in [3.8, 4) is 0 Å². The van der Waals surface area contributed by atoms with E-state index in [0.717, 1.165) is 6.42 Å². The molecule has 64 valence electrons. The van der Waals surface area contributed by atoms with Crippen molar-refractivity contribution < 1.29 is 0 Å². The van der Waals surface area contributed by atoms with E-state index < -0.39 is 0 Å². The van der Waals surface area contributed by atoms with Gasteiger partial charge in [0, 0.05) is 6.42 Å². The van der Waals surface area contributed by atoms with Crippen LogP contribution in [0.4, 0.5) is 0 Å². The first-order chi connectivity index (χ1) is 5.72. The van der Waals surface area contributed by atoms with Crippen molar-refractivity contribution in [1.82, 2.24) is 0 Å². The molecule has 0 saturated heterocycles. The van der Waals surface area contributed by atoms with Crippen LogP contribution in [0.25, 0.3) is 0 Å². The second kappa shape index (κ2) is 2.76. The fourth-order valence-corrected chi connectivity index (χ4v) is 2.32. The van der Waals surface area contributed by atoms with Crippen LogP contribution in [0.1, 0.15) is 40.0 Å². The average molecular weight is 160 g/mol. The third-order valence-electron chi connectivity index (χ3n) is 3.38. The van der Waals surface area contributed by atoms with Gasteiger partial charge in [-0.05, 0) is 50.2 Å². The highest BCUT2D eigenvalue weighted by atomic mass is 14.3. The maximum absolute atomic E-state index is 3.51. The Balaban J connectivity index is 2.39. The van der Waals surface area contributed by atoms with Crippen LogP contribution in [0.3, 0.4) is 0 Å². The molecule has 2 rings (SSSR count). The Morgan fingerprint density at radius 2 is 2.08 bits per heavy atom. The summed E-state index contributed by atoms with van der Waals surface area (Å²) >= 11 is 0. The molecule has 0 spiro atoms. The molecule has 0 aliphatic heterocycles. The first kappa shape index (κ1) is 8.10. The fraction of sp³-hybridized carbons (Fsp3) is 0.583. The highest BCUT2D eigenvalue weighted by Crippen LogP contribution is 2.43. The van der Waals surface area contributed by atoms with E-state index in [1.54, 1.807) is 11.1 Å². The Bertz CT molecular complexity index is 266. The summed E-state index contributed by atoms with van der Waals surface area (Å²) in [5.41, 5.74) is 6.18. The lowest BCUT2D eigenvalue weighted by atomic mass is 9.88. The molecule has 2 aliphatic carbocycles. The largest absolute Gasteiger partial charge is 0.0632 e. The van der Waals surface area contributed by atoms with E-state index >= 15 is 0 Å². The summed E-state index contributed by atoms with van der Waals surface area (Å²) in [7, 11) is 0. The number of hydrogen-bond donors (Lipinski definition) is 0. The normalized spacial score (nSPS) is 29.8. The van der Waals surface area contributed by atoms with Crippen LogP contribution in [-0.2, 0) is 0 Å². The lowest BCUT2D eigenvalue weighted by Crippen LogP contribution is -2.02. The Morgan fingerprint density at radius 3 is 2.75 bits per heavy atom. The van der Waals surface area contributed by atoms with Crippen molar-refractivity contribution in [2.75, 3.05) is 0 Å². The monoisotopic (exact) mass is 160 g/mol. The molecule has 2 aliphatic rings. The van der Waals surface area contributed by atoms with Crippen LogP contribution < -0.4 is 0 Å². The van der Waals surface area contributed by atoms with E-state index in [1.165, 1.54) is 24.0 Å². The minimum Gasteiger partial charge on any atom is -0.0632 e. The van der Waals surface area contributed by atoms with Gasteiger partial charge < -0.3 is 0 Å². The number of hydrogen-bond acceptors (Lipinski definition) is 0. The van der Waals surface area contributed by atoms with Gasteiger partial charge in [0.1, 0.15) is 0 Å². The van der Waals surface area contributed by atoms with Crippen LogP contribution in [0, 0.1) is 12.3 Å². The molecule has 0 heterocycles. The summed E-state index contributed by atoms with van der Waals surface area (Å²) in [6.45, 7) is 6.83. The molecule has 2 radical (unpaired) electrons. The topological polar surface area (TPSA) is 0 Å². The summed E-state index contributed by atoms with van der Waals surface area (Å²) in [5.74, 6) is 0.702. The highest BCUT2D eigenvalue weighted by molar-refractivity contribution is 5.52. The van der Waals surface area contributed by atoms with Crippen LogP contribution in [0.2, 0.25) is 0 Å². The van der Waals surface area contributed by atoms with Crippen molar-refractivity contribution in [1.29, 1.82) is 0 Å². The summed E-state index contributed by atoms with van der Waals surface area (Å²) in [4.78, 5) is 0. The van der Waals surface area contributed by atoms with Crippen LogP contribution in [0.5, 0.6) is 0 Å². The molecular weight excluding hydrogens is 144 g/mol. The fourth-order valence-electron chi connectivity index (χ4n) is 2.32. The molecule has 0 heteroatoms. The van der Waals surface area contributed by atoms with Gasteiger partial charge in [0.05, 0.1) is 0 Å². The lowest BCUT2D eigenvalue weighted by Gasteiger charge is -2.17. The second-order valence-corrected chi connectivity index (χ2v) is 3.96. The third kappa shape index (κ3) is 0.972. The zero-order chi connectivity index (χ0) is 8.72. The predicted molar refractivity (Wildman–Crippen MR) is 51.7 cm³/mol. The first-order valence-corrected chi connectivity index (χ1v) is 4.86. The molecule has 12 heavy (non-hydrogen) atoms. The van der Waals surface area contributed by atoms with Crippen molar-refractivity contribution in [3.63, 3.8) is 0 Å². The summed E-state index contributed by atoms with van der Waals surface area (Å²) in [5, 5.41) is 0. The lowest BCUT2D eigenvalue weighted by molar-refractivity contribution is 0.686. The van der Waals surface area contributed by atoms with Crippen LogP contribution in [-0.4, -0.2) is 0 Å². The van der Waals surface area contributed by atoms with E-state index in [4.69, 9.17) is 0 Å². The molecule has 1 atom stereocenters. The Hall–Kier alpha value is -0.520. The van der Waals surface area contributed by atoms with Crippen molar-refractivity contribution in [2.45, 2.75) is 40.0 Å². The molecule has 0 N–H and O–H groups in total. The van der Waals surface area contributed by atoms with E-state index in [9.17, 15) is 0 Å². The van der Waals surface area contributed by atoms with Gasteiger partial charge in [0.2, 0.25) is 0 Å². The van der Waals surface area contributed by atoms with Crippen molar-refractivity contribution in [2.24, 2.45) is 5.92 Å². The predicted octanol–water partition coefficient (Wildman–Crippen LogP) is 3.53. The van der Waals surface area contributed by atoms with Gasteiger partial charge in [-0.25, -0.2) is 0 Å². The quantitative estimate of drug-likeness (QED) is 0.508. The molecule has 0 aromatic heterocycles. The molecule has 0 aromatic carbocycles. The minimum absolute atomic E-state index is 0.702. The van der Waals surface area contributed by atoms with Gasteiger partial charge in [-0.1, -0.05) is 18.1 Å². The SMILES string of the molecule is CC1=C(C)C(C)C2=C1[C]CCC2. The average Bonchev–Trinajstić information content (AvgIpc) is 2.33. The van der Waals surface area contributed by atoms with Gasteiger partial charge in [0.25, 0.3) is 0 Å². The molecule has 0 saturated carbocycles. The van der Waals surface area contributed by atoms with Crippen LogP contribution in [0.15, 0.2) is 22.3 Å². The Labute approximate surface area is 75.4 Å². The molecule has 0 nitrogen and oxygen atoms in total. The number of allylic oxidation sites excluding steroid dienone is 4. The highest BCUT2D eigenvalue weighted by Gasteiger charge is 2.27. The van der Waals surface area contributed by atoms with Crippen molar-refractivity contribution in [3.05, 3.63) is 28.7 Å². The zero-order valence-electron chi connectivity index (χ0n) is 8.20. The van der Waals surface area contributed by atoms with Gasteiger partial charge in [-0.2, -0.15) is 0 Å². The van der Waals surface area contributed by atoms with Gasteiger partial charge in [-0.3, -0.25) is 0 Å². The molecule has 0 aromatic rings. The Kier molecular flexibility index (Phi) is 1.86. The maximum atomic E-state index is 3.51. The van der Waals surface area contributed by atoms with E-state index in [2.05, 4.69) is 27.2 Å². The van der Waals surface area contributed by atoms with E-state index in [1.807, 2.05) is 0 Å². The maximum Gasteiger partial charge on any atom is 0.0167 e. The zero-order valence-corrected chi connectivity index (χ0v) is 8.20. The molecule has 0 amide bonds. The summed E-state index contributed by atoms with van der Waals surface area (Å²) in [6, 6.07) is 0. The standard InChI is InChI=1S/C12H16/c1-8-9(2)11-6-4-5-7-12(11)10(8)3/h9H,4-6H2,1-3H3. The van der Waals surface area contributed by atoms with Crippen LogP contribution >= 0.6 is 0 Å². The van der Waals surface area contributed by atoms with Gasteiger partial charge >= 0.3 is 0 Å². The molecular formula is C12H16. The summed E-state index contributed by atoms with van der Waals surface area (Å²) in [6.07, 6.45) is 7.29. The van der Waals surface area contributed by atoms with Crippen molar-refractivity contribution >= 4 is 0 Å².